The molecule has 4 aromatic carbocycles. The summed E-state index contributed by atoms with van der Waals surface area (Å²) in [5, 5.41) is 2.57. The predicted octanol–water partition coefficient (Wildman–Crippen LogP) is 6.97. The number of benzene rings is 4. The summed E-state index contributed by atoms with van der Waals surface area (Å²) in [4.78, 5) is 0.282. The zero-order chi connectivity index (χ0) is 16.1. The van der Waals surface area contributed by atoms with E-state index < -0.39 is 0 Å². The second-order valence-electron chi connectivity index (χ2n) is 6.31. The Morgan fingerprint density at radius 2 is 1.21 bits per heavy atom. The van der Waals surface area contributed by atoms with E-state index in [1.54, 1.807) is 0 Å². The molecule has 1 aliphatic rings. The summed E-state index contributed by atoms with van der Waals surface area (Å²) < 4.78 is 0. The average Bonchev–Trinajstić information content (AvgIpc) is 2.94. The van der Waals surface area contributed by atoms with Crippen LogP contribution >= 0.6 is 15.9 Å². The summed E-state index contributed by atoms with van der Waals surface area (Å²) in [5.74, 6) is 0. The van der Waals surface area contributed by atoms with Crippen LogP contribution in [-0.2, 0) is 0 Å². The zero-order valence-electron chi connectivity index (χ0n) is 13.0. The highest BCUT2D eigenvalue weighted by molar-refractivity contribution is 9.09. The van der Waals surface area contributed by atoms with Gasteiger partial charge < -0.3 is 0 Å². The Morgan fingerprint density at radius 3 is 2.12 bits per heavy atom. The van der Waals surface area contributed by atoms with E-state index in [2.05, 4.69) is 101 Å². The third-order valence-electron chi connectivity index (χ3n) is 4.93. The van der Waals surface area contributed by atoms with Crippen molar-refractivity contribution in [2.75, 3.05) is 0 Å². The molecule has 5 rings (SSSR count). The lowest BCUT2D eigenvalue weighted by Crippen LogP contribution is -1.87. The van der Waals surface area contributed by atoms with Crippen molar-refractivity contribution in [1.82, 2.24) is 0 Å². The lowest BCUT2D eigenvalue weighted by atomic mass is 9.97. The second-order valence-corrected chi connectivity index (χ2v) is 7.23. The van der Waals surface area contributed by atoms with E-state index in [-0.39, 0.29) is 4.83 Å². The molecule has 1 unspecified atom stereocenters. The molecule has 0 heterocycles. The molecule has 24 heavy (non-hydrogen) atoms. The normalized spacial score (nSPS) is 15.3. The van der Waals surface area contributed by atoms with Gasteiger partial charge in [0.15, 0.2) is 0 Å². The molecule has 0 bridgehead atoms. The quantitative estimate of drug-likeness (QED) is 0.317. The molecular formula is C23H15Br. The van der Waals surface area contributed by atoms with Crippen LogP contribution in [0.1, 0.15) is 16.0 Å². The topological polar surface area (TPSA) is 0 Å². The van der Waals surface area contributed by atoms with E-state index in [1.807, 2.05) is 0 Å². The van der Waals surface area contributed by atoms with E-state index in [4.69, 9.17) is 0 Å². The Balaban J connectivity index is 1.66. The Morgan fingerprint density at radius 1 is 0.542 bits per heavy atom. The van der Waals surface area contributed by atoms with E-state index in [9.17, 15) is 0 Å². The molecule has 0 fully saturated rings. The van der Waals surface area contributed by atoms with Gasteiger partial charge in [-0.1, -0.05) is 88.7 Å². The van der Waals surface area contributed by atoms with Gasteiger partial charge in [-0.25, -0.2) is 0 Å². The second kappa shape index (κ2) is 5.32. The van der Waals surface area contributed by atoms with E-state index in [1.165, 1.54) is 44.2 Å². The third kappa shape index (κ3) is 2.05. The fourth-order valence-corrected chi connectivity index (χ4v) is 4.48. The van der Waals surface area contributed by atoms with Crippen molar-refractivity contribution in [2.45, 2.75) is 4.83 Å². The Labute approximate surface area is 149 Å². The largest absolute Gasteiger partial charge is 0.0786 e. The van der Waals surface area contributed by atoms with Gasteiger partial charge in [0.2, 0.25) is 0 Å². The first-order valence-corrected chi connectivity index (χ1v) is 9.09. The van der Waals surface area contributed by atoms with Crippen molar-refractivity contribution in [1.29, 1.82) is 0 Å². The van der Waals surface area contributed by atoms with E-state index >= 15 is 0 Å². The van der Waals surface area contributed by atoms with Crippen molar-refractivity contribution in [3.05, 3.63) is 96.1 Å². The minimum Gasteiger partial charge on any atom is -0.0786 e. The first kappa shape index (κ1) is 14.0. The molecule has 0 nitrogen and oxygen atoms in total. The summed E-state index contributed by atoms with van der Waals surface area (Å²) in [7, 11) is 0. The molecule has 1 heteroatoms. The van der Waals surface area contributed by atoms with Crippen molar-refractivity contribution >= 4 is 26.7 Å². The van der Waals surface area contributed by atoms with Crippen molar-refractivity contribution in [3.63, 3.8) is 0 Å². The Bertz CT molecular complexity index is 1080. The molecule has 0 aliphatic heterocycles. The van der Waals surface area contributed by atoms with Gasteiger partial charge >= 0.3 is 0 Å². The van der Waals surface area contributed by atoms with Crippen LogP contribution in [0.4, 0.5) is 0 Å². The fourth-order valence-electron chi connectivity index (χ4n) is 3.70. The standard InChI is InChI=1S/C23H15Br/c24-23-21-8-4-3-7-19(21)20-12-11-18(14-22(20)23)17-10-9-15-5-1-2-6-16(15)13-17/h1-14,23H. The summed E-state index contributed by atoms with van der Waals surface area (Å²) >= 11 is 3.88. The SMILES string of the molecule is BrC1c2ccccc2-c2ccc(-c3ccc4ccccc4c3)cc21. The number of fused-ring (bicyclic) bond motifs is 4. The van der Waals surface area contributed by atoms with Gasteiger partial charge in [-0.3, -0.25) is 0 Å². The van der Waals surface area contributed by atoms with Gasteiger partial charge in [-0.2, -0.15) is 0 Å². The maximum atomic E-state index is 3.88. The number of alkyl halides is 1. The van der Waals surface area contributed by atoms with E-state index in [0.29, 0.717) is 0 Å². The van der Waals surface area contributed by atoms with Crippen molar-refractivity contribution in [3.8, 4) is 22.3 Å². The van der Waals surface area contributed by atoms with E-state index in [0.717, 1.165) is 0 Å². The van der Waals surface area contributed by atoms with Crippen molar-refractivity contribution in [2.24, 2.45) is 0 Å². The maximum absolute atomic E-state index is 3.88. The van der Waals surface area contributed by atoms with Crippen LogP contribution in [0.2, 0.25) is 0 Å². The molecule has 0 saturated heterocycles. The number of hydrogen-bond donors (Lipinski definition) is 0. The molecule has 0 aromatic heterocycles. The van der Waals surface area contributed by atoms with Gasteiger partial charge in [-0.05, 0) is 56.3 Å². The Kier molecular flexibility index (Phi) is 3.11. The number of rotatable bonds is 1. The van der Waals surface area contributed by atoms with Crippen LogP contribution in [-0.4, -0.2) is 0 Å². The highest BCUT2D eigenvalue weighted by Crippen LogP contribution is 2.48. The first-order chi connectivity index (χ1) is 11.8. The van der Waals surface area contributed by atoms with Gasteiger partial charge in [0.1, 0.15) is 0 Å². The molecule has 0 radical (unpaired) electrons. The summed E-state index contributed by atoms with van der Waals surface area (Å²) in [6.45, 7) is 0. The van der Waals surface area contributed by atoms with Crippen LogP contribution in [0.15, 0.2) is 84.9 Å². The third-order valence-corrected chi connectivity index (χ3v) is 5.92. The summed E-state index contributed by atoms with van der Waals surface area (Å²) in [6, 6.07) is 30.7. The molecule has 0 saturated carbocycles. The summed E-state index contributed by atoms with van der Waals surface area (Å²) in [6.07, 6.45) is 0. The molecule has 0 N–H and O–H groups in total. The fraction of sp³-hybridized carbons (Fsp3) is 0.0435. The van der Waals surface area contributed by atoms with Gasteiger partial charge in [0.25, 0.3) is 0 Å². The molecule has 114 valence electrons. The maximum Gasteiger partial charge on any atom is 0.0656 e. The van der Waals surface area contributed by atoms with Gasteiger partial charge in [-0.15, -0.1) is 0 Å². The predicted molar refractivity (Wildman–Crippen MR) is 106 cm³/mol. The van der Waals surface area contributed by atoms with Crippen LogP contribution in [0.5, 0.6) is 0 Å². The average molecular weight is 371 g/mol. The monoisotopic (exact) mass is 370 g/mol. The molecular weight excluding hydrogens is 356 g/mol. The smallest absolute Gasteiger partial charge is 0.0656 e. The molecule has 4 aromatic rings. The number of halogens is 1. The highest BCUT2D eigenvalue weighted by Gasteiger charge is 2.26. The van der Waals surface area contributed by atoms with Gasteiger partial charge in [0, 0.05) is 0 Å². The Hall–Kier alpha value is -2.38. The minimum atomic E-state index is 0.282. The lowest BCUT2D eigenvalue weighted by Gasteiger charge is -2.09. The van der Waals surface area contributed by atoms with Crippen LogP contribution in [0.25, 0.3) is 33.0 Å². The molecule has 0 amide bonds. The van der Waals surface area contributed by atoms with Crippen LogP contribution < -0.4 is 0 Å². The van der Waals surface area contributed by atoms with Gasteiger partial charge in [0.05, 0.1) is 4.83 Å². The highest BCUT2D eigenvalue weighted by atomic mass is 79.9. The lowest BCUT2D eigenvalue weighted by molar-refractivity contribution is 1.25. The molecule has 0 spiro atoms. The van der Waals surface area contributed by atoms with Crippen LogP contribution in [0, 0.1) is 0 Å². The minimum absolute atomic E-state index is 0.282. The zero-order valence-corrected chi connectivity index (χ0v) is 14.6. The molecule has 1 atom stereocenters. The molecule has 1 aliphatic carbocycles. The summed E-state index contributed by atoms with van der Waals surface area (Å²) in [5.41, 5.74) is 7.96. The van der Waals surface area contributed by atoms with Crippen molar-refractivity contribution < 1.29 is 0 Å². The number of hydrogen-bond acceptors (Lipinski definition) is 0. The van der Waals surface area contributed by atoms with Crippen LogP contribution in [0.3, 0.4) is 0 Å². The first-order valence-electron chi connectivity index (χ1n) is 8.18.